The van der Waals surface area contributed by atoms with Crippen molar-refractivity contribution >= 4 is 5.91 Å². The number of hydrogen-bond donors (Lipinski definition) is 2. The molecule has 3 rings (SSSR count). The van der Waals surface area contributed by atoms with Gasteiger partial charge in [0.05, 0.1) is 18.8 Å². The first-order valence-corrected chi connectivity index (χ1v) is 8.48. The molecule has 1 atom stereocenters. The maximum atomic E-state index is 12.4. The van der Waals surface area contributed by atoms with Gasteiger partial charge >= 0.3 is 0 Å². The van der Waals surface area contributed by atoms with Gasteiger partial charge in [0.15, 0.2) is 0 Å². The van der Waals surface area contributed by atoms with Gasteiger partial charge in [-0.05, 0) is 31.4 Å². The van der Waals surface area contributed by atoms with Crippen molar-refractivity contribution in [2.75, 3.05) is 13.2 Å². The fraction of sp³-hybridized carbons (Fsp3) is 0.611. The summed E-state index contributed by atoms with van der Waals surface area (Å²) < 4.78 is 11.4. The van der Waals surface area contributed by atoms with Crippen molar-refractivity contribution < 1.29 is 14.3 Å². The van der Waals surface area contributed by atoms with Crippen LogP contribution in [0.15, 0.2) is 18.2 Å². The zero-order valence-corrected chi connectivity index (χ0v) is 13.8. The standard InChI is InChI=1S/C18H26N2O3/c1-13-4-5-14(16(10-13)23-15-6-9-22-12-15)11-20-17(21)18(19)7-2-3-8-18/h4-5,10,15H,2-3,6-9,11-12,19H2,1H3,(H,20,21). The van der Waals surface area contributed by atoms with Gasteiger partial charge < -0.3 is 20.5 Å². The molecule has 5 nitrogen and oxygen atoms in total. The van der Waals surface area contributed by atoms with E-state index in [0.29, 0.717) is 13.2 Å². The van der Waals surface area contributed by atoms with Gasteiger partial charge in [0.25, 0.3) is 0 Å². The summed E-state index contributed by atoms with van der Waals surface area (Å²) in [6.45, 7) is 3.86. The van der Waals surface area contributed by atoms with Crippen LogP contribution in [0.4, 0.5) is 0 Å². The number of nitrogens with one attached hydrogen (secondary N) is 1. The third kappa shape index (κ3) is 3.85. The van der Waals surface area contributed by atoms with Crippen molar-refractivity contribution in [3.05, 3.63) is 29.3 Å². The van der Waals surface area contributed by atoms with Gasteiger partial charge in [-0.25, -0.2) is 0 Å². The fourth-order valence-corrected chi connectivity index (χ4v) is 3.29. The van der Waals surface area contributed by atoms with Crippen molar-refractivity contribution in [1.29, 1.82) is 0 Å². The van der Waals surface area contributed by atoms with E-state index in [2.05, 4.69) is 5.32 Å². The smallest absolute Gasteiger partial charge is 0.240 e. The second-order valence-electron chi connectivity index (χ2n) is 6.76. The Kier molecular flexibility index (Phi) is 4.87. The Morgan fingerprint density at radius 2 is 2.22 bits per heavy atom. The van der Waals surface area contributed by atoms with E-state index in [1.165, 1.54) is 0 Å². The molecule has 1 amide bonds. The van der Waals surface area contributed by atoms with Crippen LogP contribution < -0.4 is 15.8 Å². The molecule has 1 saturated heterocycles. The Morgan fingerprint density at radius 1 is 1.43 bits per heavy atom. The summed E-state index contributed by atoms with van der Waals surface area (Å²) in [5.74, 6) is 0.781. The van der Waals surface area contributed by atoms with Crippen LogP contribution in [-0.4, -0.2) is 30.8 Å². The van der Waals surface area contributed by atoms with Crippen LogP contribution in [0.2, 0.25) is 0 Å². The molecule has 1 aromatic rings. The lowest BCUT2D eigenvalue weighted by molar-refractivity contribution is -0.126. The quantitative estimate of drug-likeness (QED) is 0.871. The van der Waals surface area contributed by atoms with Gasteiger partial charge in [-0.15, -0.1) is 0 Å². The summed E-state index contributed by atoms with van der Waals surface area (Å²) in [6.07, 6.45) is 4.62. The normalized spacial score (nSPS) is 23.0. The zero-order chi connectivity index (χ0) is 16.3. The highest BCUT2D eigenvalue weighted by Gasteiger charge is 2.36. The Labute approximate surface area is 137 Å². The van der Waals surface area contributed by atoms with Crippen molar-refractivity contribution in [2.45, 2.75) is 57.2 Å². The van der Waals surface area contributed by atoms with Crippen LogP contribution in [0.5, 0.6) is 5.75 Å². The van der Waals surface area contributed by atoms with E-state index in [9.17, 15) is 4.79 Å². The lowest BCUT2D eigenvalue weighted by Crippen LogP contribution is -2.51. The van der Waals surface area contributed by atoms with E-state index in [0.717, 1.165) is 55.6 Å². The third-order valence-corrected chi connectivity index (χ3v) is 4.79. The molecular weight excluding hydrogens is 292 g/mol. The first-order valence-electron chi connectivity index (χ1n) is 8.48. The molecular formula is C18H26N2O3. The SMILES string of the molecule is Cc1ccc(CNC(=O)C2(N)CCCC2)c(OC2CCOC2)c1. The molecule has 1 heterocycles. The number of ether oxygens (including phenoxy) is 2. The van der Waals surface area contributed by atoms with E-state index in [1.54, 1.807) is 0 Å². The minimum absolute atomic E-state index is 0.0503. The minimum atomic E-state index is -0.689. The molecule has 1 aliphatic carbocycles. The van der Waals surface area contributed by atoms with E-state index >= 15 is 0 Å². The Bertz CT molecular complexity index is 561. The Balaban J connectivity index is 1.65. The number of hydrogen-bond acceptors (Lipinski definition) is 4. The van der Waals surface area contributed by atoms with E-state index in [1.807, 2.05) is 25.1 Å². The molecule has 126 valence electrons. The molecule has 0 spiro atoms. The summed E-state index contributed by atoms with van der Waals surface area (Å²) in [5, 5.41) is 2.99. The lowest BCUT2D eigenvalue weighted by atomic mass is 9.98. The second kappa shape index (κ2) is 6.89. The molecule has 2 aliphatic rings. The molecule has 23 heavy (non-hydrogen) atoms. The highest BCUT2D eigenvalue weighted by molar-refractivity contribution is 5.86. The highest BCUT2D eigenvalue weighted by atomic mass is 16.5. The molecule has 1 saturated carbocycles. The summed E-state index contributed by atoms with van der Waals surface area (Å²) in [4.78, 5) is 12.4. The number of rotatable bonds is 5. The van der Waals surface area contributed by atoms with Crippen LogP contribution in [0.25, 0.3) is 0 Å². The van der Waals surface area contributed by atoms with E-state index in [-0.39, 0.29) is 12.0 Å². The monoisotopic (exact) mass is 318 g/mol. The largest absolute Gasteiger partial charge is 0.488 e. The van der Waals surface area contributed by atoms with E-state index < -0.39 is 5.54 Å². The van der Waals surface area contributed by atoms with Crippen LogP contribution in [0.1, 0.15) is 43.2 Å². The molecule has 1 aliphatic heterocycles. The van der Waals surface area contributed by atoms with Gasteiger partial charge in [-0.3, -0.25) is 4.79 Å². The van der Waals surface area contributed by atoms with Crippen LogP contribution in [0, 0.1) is 6.92 Å². The lowest BCUT2D eigenvalue weighted by Gasteiger charge is -2.23. The molecule has 0 radical (unpaired) electrons. The molecule has 5 heteroatoms. The molecule has 3 N–H and O–H groups in total. The van der Waals surface area contributed by atoms with Gasteiger partial charge in [-0.2, -0.15) is 0 Å². The van der Waals surface area contributed by atoms with Crippen LogP contribution >= 0.6 is 0 Å². The Morgan fingerprint density at radius 3 is 2.91 bits per heavy atom. The number of carbonyl (C=O) groups is 1. The second-order valence-corrected chi connectivity index (χ2v) is 6.76. The van der Waals surface area contributed by atoms with Crippen LogP contribution in [0.3, 0.4) is 0 Å². The molecule has 1 unspecified atom stereocenters. The number of benzene rings is 1. The average Bonchev–Trinajstić information content (AvgIpc) is 3.18. The first kappa shape index (κ1) is 16.3. The maximum absolute atomic E-state index is 12.4. The summed E-state index contributed by atoms with van der Waals surface area (Å²) in [5.41, 5.74) is 7.63. The maximum Gasteiger partial charge on any atom is 0.240 e. The summed E-state index contributed by atoms with van der Waals surface area (Å²) in [7, 11) is 0. The van der Waals surface area contributed by atoms with Gasteiger partial charge in [0.1, 0.15) is 11.9 Å². The summed E-state index contributed by atoms with van der Waals surface area (Å²) in [6, 6.07) is 6.07. The number of carbonyl (C=O) groups excluding carboxylic acids is 1. The zero-order valence-electron chi connectivity index (χ0n) is 13.8. The van der Waals surface area contributed by atoms with Gasteiger partial charge in [0.2, 0.25) is 5.91 Å². The number of nitrogens with two attached hydrogens (primary N) is 1. The topological polar surface area (TPSA) is 73.6 Å². The average molecular weight is 318 g/mol. The summed E-state index contributed by atoms with van der Waals surface area (Å²) >= 11 is 0. The van der Waals surface area contributed by atoms with Crippen molar-refractivity contribution in [1.82, 2.24) is 5.32 Å². The van der Waals surface area contributed by atoms with Crippen molar-refractivity contribution in [3.63, 3.8) is 0 Å². The first-order chi connectivity index (χ1) is 11.1. The molecule has 2 fully saturated rings. The Hall–Kier alpha value is -1.59. The third-order valence-electron chi connectivity index (χ3n) is 4.79. The molecule has 0 aromatic heterocycles. The van der Waals surface area contributed by atoms with Crippen molar-refractivity contribution in [3.8, 4) is 5.75 Å². The predicted molar refractivity (Wildman–Crippen MR) is 88.3 cm³/mol. The van der Waals surface area contributed by atoms with Crippen molar-refractivity contribution in [2.24, 2.45) is 5.73 Å². The molecule has 1 aromatic carbocycles. The van der Waals surface area contributed by atoms with Gasteiger partial charge in [0, 0.05) is 18.5 Å². The highest BCUT2D eigenvalue weighted by Crippen LogP contribution is 2.28. The fourth-order valence-electron chi connectivity index (χ4n) is 3.29. The number of aryl methyl sites for hydroxylation is 1. The predicted octanol–water partition coefficient (Wildman–Crippen LogP) is 2.05. The van der Waals surface area contributed by atoms with E-state index in [4.69, 9.17) is 15.2 Å². The minimum Gasteiger partial charge on any atom is -0.488 e. The van der Waals surface area contributed by atoms with Crippen LogP contribution in [-0.2, 0) is 16.1 Å². The van der Waals surface area contributed by atoms with Gasteiger partial charge in [-0.1, -0.05) is 25.0 Å². The number of amides is 1. The molecule has 0 bridgehead atoms.